The van der Waals surface area contributed by atoms with E-state index in [-0.39, 0.29) is 17.9 Å². The van der Waals surface area contributed by atoms with Crippen molar-refractivity contribution in [2.45, 2.75) is 39.2 Å². The quantitative estimate of drug-likeness (QED) is 0.840. The van der Waals surface area contributed by atoms with Crippen LogP contribution in [0.5, 0.6) is 0 Å². The van der Waals surface area contributed by atoms with E-state index in [1.807, 2.05) is 6.92 Å². The highest BCUT2D eigenvalue weighted by molar-refractivity contribution is 5.93. The third-order valence-electron chi connectivity index (χ3n) is 3.94. The molecule has 2 heterocycles. The second-order valence-electron chi connectivity index (χ2n) is 5.65. The molecule has 1 aliphatic heterocycles. The molecule has 1 fully saturated rings. The van der Waals surface area contributed by atoms with Crippen molar-refractivity contribution in [3.8, 4) is 0 Å². The molecule has 1 atom stereocenters. The lowest BCUT2D eigenvalue weighted by Crippen LogP contribution is -2.46. The summed E-state index contributed by atoms with van der Waals surface area (Å²) in [5, 5.41) is 6.45. The topological polar surface area (TPSA) is 101 Å². The van der Waals surface area contributed by atoms with E-state index < -0.39 is 0 Å². The number of piperidine rings is 1. The number of rotatable bonds is 5. The van der Waals surface area contributed by atoms with Crippen molar-refractivity contribution in [3.63, 3.8) is 0 Å². The molecule has 2 amide bonds. The van der Waals surface area contributed by atoms with Gasteiger partial charge in [-0.15, -0.1) is 0 Å². The van der Waals surface area contributed by atoms with E-state index in [0.29, 0.717) is 18.2 Å². The highest BCUT2D eigenvalue weighted by Gasteiger charge is 2.27. The smallest absolute Gasteiger partial charge is 0.243 e. The van der Waals surface area contributed by atoms with Crippen LogP contribution in [0.2, 0.25) is 0 Å². The molecule has 0 spiro atoms. The maximum absolute atomic E-state index is 12.2. The van der Waals surface area contributed by atoms with Crippen molar-refractivity contribution in [1.29, 1.82) is 0 Å². The number of primary amides is 1. The van der Waals surface area contributed by atoms with Crippen LogP contribution in [0.4, 0.5) is 5.88 Å². The van der Waals surface area contributed by atoms with Gasteiger partial charge in [0.05, 0.1) is 11.7 Å². The van der Waals surface area contributed by atoms with Crippen molar-refractivity contribution in [2.75, 3.05) is 18.4 Å². The first-order valence-electron chi connectivity index (χ1n) is 7.22. The van der Waals surface area contributed by atoms with Gasteiger partial charge in [-0.05, 0) is 45.7 Å². The van der Waals surface area contributed by atoms with Crippen LogP contribution in [0.1, 0.15) is 31.9 Å². The third kappa shape index (κ3) is 4.29. The number of anilines is 1. The second-order valence-corrected chi connectivity index (χ2v) is 5.65. The fourth-order valence-electron chi connectivity index (χ4n) is 2.64. The zero-order chi connectivity index (χ0) is 15.4. The molecular formula is C14H22N4O3. The number of aryl methyl sites for hydroxylation is 1. The molecule has 0 aromatic carbocycles. The predicted molar refractivity (Wildman–Crippen MR) is 77.4 cm³/mol. The summed E-state index contributed by atoms with van der Waals surface area (Å²) in [7, 11) is 0. The molecule has 0 saturated carbocycles. The predicted octanol–water partition coefficient (Wildman–Crippen LogP) is 0.897. The zero-order valence-corrected chi connectivity index (χ0v) is 12.5. The number of aromatic nitrogens is 1. The monoisotopic (exact) mass is 294 g/mol. The summed E-state index contributed by atoms with van der Waals surface area (Å²) in [6, 6.07) is 1.44. The molecule has 7 nitrogen and oxygen atoms in total. The van der Waals surface area contributed by atoms with Gasteiger partial charge in [0.2, 0.25) is 17.7 Å². The van der Waals surface area contributed by atoms with Gasteiger partial charge in [0.15, 0.2) is 0 Å². The number of nitrogens with two attached hydrogens (primary N) is 1. The summed E-state index contributed by atoms with van der Waals surface area (Å²) in [6.45, 7) is 5.25. The number of hydrogen-bond acceptors (Lipinski definition) is 5. The Morgan fingerprint density at radius 1 is 1.52 bits per heavy atom. The number of hydrogen-bond donors (Lipinski definition) is 2. The van der Waals surface area contributed by atoms with Gasteiger partial charge in [0.1, 0.15) is 0 Å². The fraction of sp³-hybridized carbons (Fsp3) is 0.643. The molecular weight excluding hydrogens is 272 g/mol. The molecule has 7 heteroatoms. The molecule has 1 aromatic heterocycles. The average Bonchev–Trinajstić information content (AvgIpc) is 2.83. The average molecular weight is 294 g/mol. The van der Waals surface area contributed by atoms with Gasteiger partial charge < -0.3 is 10.3 Å². The Bertz CT molecular complexity index is 506. The Morgan fingerprint density at radius 2 is 2.19 bits per heavy atom. The summed E-state index contributed by atoms with van der Waals surface area (Å²) < 4.78 is 4.98. The summed E-state index contributed by atoms with van der Waals surface area (Å²) in [6.07, 6.45) is 2.22. The van der Waals surface area contributed by atoms with Crippen molar-refractivity contribution >= 4 is 17.7 Å². The third-order valence-corrected chi connectivity index (χ3v) is 3.94. The standard InChI is InChI=1S/C14H22N4O3/c1-9-7-13(21-17-9)16-14(20)10(2)18-5-3-11(4-6-18)8-12(15)19/h7,10-11H,3-6,8H2,1-2H3,(H2,15,19)(H,16,20)/t10-/m1/s1. The normalized spacial score (nSPS) is 18.4. The van der Waals surface area contributed by atoms with Crippen molar-refractivity contribution in [2.24, 2.45) is 11.7 Å². The van der Waals surface area contributed by atoms with Crippen molar-refractivity contribution in [3.05, 3.63) is 11.8 Å². The highest BCUT2D eigenvalue weighted by atomic mass is 16.5. The van der Waals surface area contributed by atoms with Crippen LogP contribution in [0.15, 0.2) is 10.6 Å². The van der Waals surface area contributed by atoms with E-state index in [1.54, 1.807) is 13.0 Å². The lowest BCUT2D eigenvalue weighted by atomic mass is 9.92. The van der Waals surface area contributed by atoms with E-state index in [1.165, 1.54) is 0 Å². The first-order chi connectivity index (χ1) is 9.95. The summed E-state index contributed by atoms with van der Waals surface area (Å²) >= 11 is 0. The second kappa shape index (κ2) is 6.71. The lowest BCUT2D eigenvalue weighted by molar-refractivity contribution is -0.122. The van der Waals surface area contributed by atoms with Gasteiger partial charge in [-0.25, -0.2) is 0 Å². The molecule has 21 heavy (non-hydrogen) atoms. The lowest BCUT2D eigenvalue weighted by Gasteiger charge is -2.34. The zero-order valence-electron chi connectivity index (χ0n) is 12.5. The maximum atomic E-state index is 12.2. The van der Waals surface area contributed by atoms with E-state index in [0.717, 1.165) is 31.6 Å². The molecule has 3 N–H and O–H groups in total. The minimum absolute atomic E-state index is 0.112. The van der Waals surface area contributed by atoms with Crippen LogP contribution in [-0.4, -0.2) is 41.0 Å². The Labute approximate surface area is 123 Å². The SMILES string of the molecule is Cc1cc(NC(=O)[C@@H](C)N2CCC(CC(N)=O)CC2)on1. The number of likely N-dealkylation sites (tertiary alicyclic amines) is 1. The largest absolute Gasteiger partial charge is 0.370 e. The van der Waals surface area contributed by atoms with E-state index in [2.05, 4.69) is 15.4 Å². The molecule has 0 unspecified atom stereocenters. The van der Waals surface area contributed by atoms with Crippen molar-refractivity contribution in [1.82, 2.24) is 10.1 Å². The molecule has 2 rings (SSSR count). The van der Waals surface area contributed by atoms with Crippen LogP contribution in [0.3, 0.4) is 0 Å². The summed E-state index contributed by atoms with van der Waals surface area (Å²) in [5.41, 5.74) is 5.95. The Kier molecular flexibility index (Phi) is 4.95. The van der Waals surface area contributed by atoms with E-state index in [4.69, 9.17) is 10.3 Å². The van der Waals surface area contributed by atoms with Gasteiger partial charge >= 0.3 is 0 Å². The molecule has 116 valence electrons. The molecule has 0 bridgehead atoms. The highest BCUT2D eigenvalue weighted by Crippen LogP contribution is 2.22. The van der Waals surface area contributed by atoms with E-state index >= 15 is 0 Å². The van der Waals surface area contributed by atoms with Gasteiger partial charge in [-0.3, -0.25) is 19.8 Å². The van der Waals surface area contributed by atoms with Crippen molar-refractivity contribution < 1.29 is 14.1 Å². The van der Waals surface area contributed by atoms with Gasteiger partial charge in [-0.2, -0.15) is 0 Å². The molecule has 1 saturated heterocycles. The van der Waals surface area contributed by atoms with Crippen LogP contribution < -0.4 is 11.1 Å². The van der Waals surface area contributed by atoms with E-state index in [9.17, 15) is 9.59 Å². The number of nitrogens with zero attached hydrogens (tertiary/aromatic N) is 2. The summed E-state index contributed by atoms with van der Waals surface area (Å²) in [5.74, 6) is 0.346. The van der Waals surface area contributed by atoms with Crippen LogP contribution in [0.25, 0.3) is 0 Å². The number of amides is 2. The van der Waals surface area contributed by atoms with Crippen LogP contribution in [0, 0.1) is 12.8 Å². The fourth-order valence-corrected chi connectivity index (χ4v) is 2.64. The van der Waals surface area contributed by atoms with Gasteiger partial charge in [-0.1, -0.05) is 5.16 Å². The molecule has 1 aromatic rings. The number of carbonyl (C=O) groups is 2. The van der Waals surface area contributed by atoms with Crippen LogP contribution >= 0.6 is 0 Å². The number of nitrogens with one attached hydrogen (secondary N) is 1. The van der Waals surface area contributed by atoms with Gasteiger partial charge in [0.25, 0.3) is 0 Å². The number of carbonyl (C=O) groups excluding carboxylic acids is 2. The molecule has 0 aliphatic carbocycles. The maximum Gasteiger partial charge on any atom is 0.243 e. The Morgan fingerprint density at radius 3 is 2.71 bits per heavy atom. The molecule has 1 aliphatic rings. The minimum atomic E-state index is -0.250. The summed E-state index contributed by atoms with van der Waals surface area (Å²) in [4.78, 5) is 25.2. The Balaban J connectivity index is 1.82. The van der Waals surface area contributed by atoms with Crippen LogP contribution in [-0.2, 0) is 9.59 Å². The minimum Gasteiger partial charge on any atom is -0.370 e. The first kappa shape index (κ1) is 15.5. The van der Waals surface area contributed by atoms with Gasteiger partial charge in [0, 0.05) is 12.5 Å². The first-order valence-corrected chi connectivity index (χ1v) is 7.22. The Hall–Kier alpha value is -1.89. The molecule has 0 radical (unpaired) electrons.